The molecule has 0 spiro atoms. The molecule has 6 heteroatoms. The summed E-state index contributed by atoms with van der Waals surface area (Å²) in [5, 5.41) is 13.2. The first-order chi connectivity index (χ1) is 15.1. The van der Waals surface area contributed by atoms with Crippen LogP contribution in [0, 0.1) is 0 Å². The Hall–Kier alpha value is -3.80. The van der Waals surface area contributed by atoms with Crippen molar-refractivity contribution in [3.05, 3.63) is 77.4 Å². The molecule has 31 heavy (non-hydrogen) atoms. The van der Waals surface area contributed by atoms with Gasteiger partial charge in [0, 0.05) is 12.1 Å². The van der Waals surface area contributed by atoms with Crippen molar-refractivity contribution >= 4 is 28.2 Å². The number of Topliss-reactive ketones (excluding diaryl/α,β-unsaturated/α-hetero) is 1. The molecule has 0 aromatic heterocycles. The lowest BCUT2D eigenvalue weighted by atomic mass is 9.91. The summed E-state index contributed by atoms with van der Waals surface area (Å²) < 4.78 is 10.7. The predicted octanol–water partition coefficient (Wildman–Crippen LogP) is 4.40. The number of benzene rings is 3. The van der Waals surface area contributed by atoms with Crippen molar-refractivity contribution in [1.29, 1.82) is 0 Å². The van der Waals surface area contributed by atoms with Crippen molar-refractivity contribution < 1.29 is 24.2 Å². The number of ether oxygens (including phenoxy) is 2. The van der Waals surface area contributed by atoms with Gasteiger partial charge < -0.3 is 19.5 Å². The van der Waals surface area contributed by atoms with Crippen LogP contribution in [0.1, 0.15) is 30.5 Å². The second-order valence-corrected chi connectivity index (χ2v) is 7.63. The van der Waals surface area contributed by atoms with Gasteiger partial charge in [-0.3, -0.25) is 9.59 Å². The van der Waals surface area contributed by atoms with Crippen LogP contribution >= 0.6 is 0 Å². The molecule has 5 rings (SSSR count). The highest BCUT2D eigenvalue weighted by molar-refractivity contribution is 6.46. The maximum absolute atomic E-state index is 13.1. The Balaban J connectivity index is 1.73. The monoisotopic (exact) mass is 415 g/mol. The minimum Gasteiger partial charge on any atom is -0.507 e. The van der Waals surface area contributed by atoms with E-state index in [9.17, 15) is 14.7 Å². The van der Waals surface area contributed by atoms with Crippen molar-refractivity contribution in [3.8, 4) is 11.5 Å². The molecule has 1 fully saturated rings. The molecule has 3 aromatic carbocycles. The summed E-state index contributed by atoms with van der Waals surface area (Å²) in [7, 11) is 0. The predicted molar refractivity (Wildman–Crippen MR) is 116 cm³/mol. The Kier molecular flexibility index (Phi) is 4.62. The van der Waals surface area contributed by atoms with E-state index in [2.05, 4.69) is 0 Å². The number of aliphatic hydroxyl groups excluding tert-OH is 1. The van der Waals surface area contributed by atoms with Crippen molar-refractivity contribution in [1.82, 2.24) is 4.90 Å². The summed E-state index contributed by atoms with van der Waals surface area (Å²) in [5.41, 5.74) is 1.31. The molecule has 1 atom stereocenters. The second kappa shape index (κ2) is 7.47. The number of carbonyl (C=O) groups excluding carboxylic acids is 2. The van der Waals surface area contributed by atoms with Gasteiger partial charge in [0.25, 0.3) is 11.7 Å². The minimum atomic E-state index is -0.679. The number of hydrogen-bond donors (Lipinski definition) is 1. The van der Waals surface area contributed by atoms with E-state index in [-0.39, 0.29) is 18.1 Å². The van der Waals surface area contributed by atoms with Gasteiger partial charge in [-0.1, -0.05) is 49.4 Å². The molecule has 156 valence electrons. The van der Waals surface area contributed by atoms with E-state index < -0.39 is 17.7 Å². The van der Waals surface area contributed by atoms with E-state index in [1.54, 1.807) is 23.1 Å². The maximum Gasteiger partial charge on any atom is 0.295 e. The highest BCUT2D eigenvalue weighted by Crippen LogP contribution is 2.43. The molecule has 2 aliphatic rings. The normalized spacial score (nSPS) is 19.4. The molecule has 0 radical (unpaired) electrons. The first-order valence-electron chi connectivity index (χ1n) is 10.3. The van der Waals surface area contributed by atoms with Gasteiger partial charge in [0.05, 0.1) is 11.6 Å². The molecule has 1 saturated heterocycles. The average molecular weight is 415 g/mol. The van der Waals surface area contributed by atoms with Crippen LogP contribution in [-0.4, -0.2) is 35.0 Å². The van der Waals surface area contributed by atoms with E-state index in [1.165, 1.54) is 0 Å². The maximum atomic E-state index is 13.1. The van der Waals surface area contributed by atoms with Gasteiger partial charge in [-0.2, -0.15) is 0 Å². The number of rotatable bonds is 4. The van der Waals surface area contributed by atoms with E-state index in [0.29, 0.717) is 30.0 Å². The lowest BCUT2D eigenvalue weighted by Gasteiger charge is -2.26. The van der Waals surface area contributed by atoms with Gasteiger partial charge in [0.2, 0.25) is 6.79 Å². The van der Waals surface area contributed by atoms with E-state index in [0.717, 1.165) is 16.3 Å². The van der Waals surface area contributed by atoms with E-state index in [1.807, 2.05) is 49.4 Å². The van der Waals surface area contributed by atoms with Gasteiger partial charge in [-0.05, 0) is 41.0 Å². The molecular weight excluding hydrogens is 394 g/mol. The zero-order valence-electron chi connectivity index (χ0n) is 17.0. The summed E-state index contributed by atoms with van der Waals surface area (Å²) >= 11 is 0. The highest BCUT2D eigenvalue weighted by Gasteiger charge is 2.46. The largest absolute Gasteiger partial charge is 0.507 e. The number of carbonyl (C=O) groups is 2. The molecule has 1 unspecified atom stereocenters. The fourth-order valence-electron chi connectivity index (χ4n) is 4.36. The second-order valence-electron chi connectivity index (χ2n) is 7.63. The number of hydrogen-bond acceptors (Lipinski definition) is 5. The lowest BCUT2D eigenvalue weighted by molar-refractivity contribution is -0.139. The Morgan fingerprint density at radius 1 is 1.03 bits per heavy atom. The topological polar surface area (TPSA) is 76.1 Å². The molecule has 0 aliphatic carbocycles. The van der Waals surface area contributed by atoms with Crippen molar-refractivity contribution in [3.63, 3.8) is 0 Å². The molecule has 1 N–H and O–H groups in total. The third-order valence-corrected chi connectivity index (χ3v) is 5.77. The Morgan fingerprint density at radius 2 is 1.81 bits per heavy atom. The van der Waals surface area contributed by atoms with Gasteiger partial charge in [0.15, 0.2) is 11.5 Å². The number of ketones is 1. The van der Waals surface area contributed by atoms with E-state index >= 15 is 0 Å². The Morgan fingerprint density at radius 3 is 2.65 bits per heavy atom. The third-order valence-electron chi connectivity index (χ3n) is 5.77. The molecule has 2 heterocycles. The summed E-state index contributed by atoms with van der Waals surface area (Å²) in [6.45, 7) is 2.48. The van der Waals surface area contributed by atoms with Crippen LogP contribution in [0.5, 0.6) is 11.5 Å². The van der Waals surface area contributed by atoms with Crippen LogP contribution in [0.25, 0.3) is 16.5 Å². The number of likely N-dealkylation sites (tertiary alicyclic amines) is 1. The van der Waals surface area contributed by atoms with Crippen LogP contribution in [0.2, 0.25) is 0 Å². The number of amides is 1. The van der Waals surface area contributed by atoms with Crippen LogP contribution in [-0.2, 0) is 9.59 Å². The molecular formula is C25H21NO5. The van der Waals surface area contributed by atoms with Gasteiger partial charge >= 0.3 is 0 Å². The van der Waals surface area contributed by atoms with Crippen LogP contribution in [0.4, 0.5) is 0 Å². The number of nitrogens with zero attached hydrogens (tertiary/aromatic N) is 1. The first-order valence-corrected chi connectivity index (χ1v) is 10.3. The fourth-order valence-corrected chi connectivity index (χ4v) is 4.36. The third kappa shape index (κ3) is 3.03. The number of aliphatic hydroxyl groups is 1. The minimum absolute atomic E-state index is 0.0914. The highest BCUT2D eigenvalue weighted by atomic mass is 16.7. The molecule has 6 nitrogen and oxygen atoms in total. The summed E-state index contributed by atoms with van der Waals surface area (Å²) in [4.78, 5) is 27.6. The standard InChI is InChI=1S/C25H21NO5/c1-2-12-26-22(18-9-5-7-15-6-3-4-8-17(15)18)21(24(28)25(26)29)23(27)16-10-11-19-20(13-16)31-14-30-19/h3-11,13,22,27H,2,12,14H2,1H3/b23-21-. The van der Waals surface area contributed by atoms with Gasteiger partial charge in [0.1, 0.15) is 5.76 Å². The quantitative estimate of drug-likeness (QED) is 0.388. The molecule has 3 aromatic rings. The SMILES string of the molecule is CCCN1C(=O)C(=O)/C(=C(\O)c2ccc3c(c2)OCO3)C1c1cccc2ccccc12. The van der Waals surface area contributed by atoms with Crippen LogP contribution in [0.15, 0.2) is 66.2 Å². The zero-order chi connectivity index (χ0) is 21.5. The summed E-state index contributed by atoms with van der Waals surface area (Å²) in [6.07, 6.45) is 0.693. The summed E-state index contributed by atoms with van der Waals surface area (Å²) in [6, 6.07) is 17.9. The van der Waals surface area contributed by atoms with Gasteiger partial charge in [-0.15, -0.1) is 0 Å². The number of fused-ring (bicyclic) bond motifs is 2. The summed E-state index contributed by atoms with van der Waals surface area (Å²) in [5.74, 6) is -0.418. The van der Waals surface area contributed by atoms with Crippen LogP contribution in [0.3, 0.4) is 0 Å². The molecule has 0 bridgehead atoms. The van der Waals surface area contributed by atoms with Crippen molar-refractivity contribution in [2.45, 2.75) is 19.4 Å². The molecule has 2 aliphatic heterocycles. The van der Waals surface area contributed by atoms with Crippen molar-refractivity contribution in [2.75, 3.05) is 13.3 Å². The Bertz CT molecular complexity index is 1240. The zero-order valence-corrected chi connectivity index (χ0v) is 17.0. The smallest absolute Gasteiger partial charge is 0.295 e. The molecule has 0 saturated carbocycles. The first kappa shape index (κ1) is 19.2. The average Bonchev–Trinajstić information content (AvgIpc) is 3.36. The lowest BCUT2D eigenvalue weighted by Crippen LogP contribution is -2.30. The fraction of sp³-hybridized carbons (Fsp3) is 0.200. The van der Waals surface area contributed by atoms with Crippen LogP contribution < -0.4 is 9.47 Å². The van der Waals surface area contributed by atoms with E-state index in [4.69, 9.17) is 9.47 Å². The Labute approximate surface area is 179 Å². The molecule has 1 amide bonds. The van der Waals surface area contributed by atoms with Crippen molar-refractivity contribution in [2.24, 2.45) is 0 Å². The van der Waals surface area contributed by atoms with Gasteiger partial charge in [-0.25, -0.2) is 0 Å².